The first kappa shape index (κ1) is 14.7. The van der Waals surface area contributed by atoms with Crippen LogP contribution in [0.3, 0.4) is 0 Å². The Morgan fingerprint density at radius 1 is 1.30 bits per heavy atom. The zero-order valence-corrected chi connectivity index (χ0v) is 12.0. The van der Waals surface area contributed by atoms with Gasteiger partial charge in [-0.05, 0) is 25.0 Å². The Bertz CT molecular complexity index is 491. The van der Waals surface area contributed by atoms with Crippen molar-refractivity contribution in [2.24, 2.45) is 0 Å². The van der Waals surface area contributed by atoms with E-state index in [1.165, 1.54) is 0 Å². The van der Waals surface area contributed by atoms with Crippen molar-refractivity contribution in [3.8, 4) is 11.7 Å². The molecule has 1 N–H and O–H groups in total. The number of nitrogens with zero attached hydrogens (tertiary/aromatic N) is 3. The molecular weight excluding hydrogens is 258 g/mol. The summed E-state index contributed by atoms with van der Waals surface area (Å²) in [6.45, 7) is 5.54. The Labute approximate surface area is 118 Å². The first-order chi connectivity index (χ1) is 9.78. The largest absolute Gasteiger partial charge is 0.459 e. The third kappa shape index (κ3) is 3.46. The van der Waals surface area contributed by atoms with E-state index in [9.17, 15) is 5.11 Å². The van der Waals surface area contributed by atoms with Crippen molar-refractivity contribution in [1.82, 2.24) is 15.1 Å². The molecule has 2 aromatic heterocycles. The summed E-state index contributed by atoms with van der Waals surface area (Å²) in [6, 6.07) is 3.96. The number of hydrogen-bond donors (Lipinski definition) is 1. The third-order valence-corrected chi connectivity index (χ3v) is 3.38. The molecule has 2 heterocycles. The summed E-state index contributed by atoms with van der Waals surface area (Å²) in [6.07, 6.45) is 3.62. The third-order valence-electron chi connectivity index (χ3n) is 3.38. The zero-order valence-electron chi connectivity index (χ0n) is 12.0. The number of rotatable bonds is 8. The van der Waals surface area contributed by atoms with Gasteiger partial charge in [-0.3, -0.25) is 4.90 Å². The van der Waals surface area contributed by atoms with Crippen LogP contribution in [0.4, 0.5) is 0 Å². The summed E-state index contributed by atoms with van der Waals surface area (Å²) in [5.74, 6) is 1.50. The van der Waals surface area contributed by atoms with Crippen molar-refractivity contribution in [1.29, 1.82) is 0 Å². The molecule has 0 unspecified atom stereocenters. The van der Waals surface area contributed by atoms with Crippen LogP contribution in [0.1, 0.15) is 32.6 Å². The molecular formula is C14H21N3O3. The maximum Gasteiger partial charge on any atom is 0.283 e. The highest BCUT2D eigenvalue weighted by atomic mass is 16.4. The molecule has 0 spiro atoms. The number of furan rings is 1. The van der Waals surface area contributed by atoms with Gasteiger partial charge in [0.2, 0.25) is 5.89 Å². The van der Waals surface area contributed by atoms with Crippen molar-refractivity contribution in [3.05, 3.63) is 24.3 Å². The molecule has 0 amide bonds. The lowest BCUT2D eigenvalue weighted by atomic mass is 10.1. The number of aromatic nitrogens is 2. The minimum atomic E-state index is 0.121. The van der Waals surface area contributed by atoms with Gasteiger partial charge >= 0.3 is 0 Å². The van der Waals surface area contributed by atoms with Gasteiger partial charge in [-0.25, -0.2) is 0 Å². The average molecular weight is 279 g/mol. The van der Waals surface area contributed by atoms with Crippen LogP contribution < -0.4 is 0 Å². The molecule has 0 aromatic carbocycles. The monoisotopic (exact) mass is 279 g/mol. The maximum atomic E-state index is 9.19. The van der Waals surface area contributed by atoms with Gasteiger partial charge in [0.1, 0.15) is 0 Å². The summed E-state index contributed by atoms with van der Waals surface area (Å²) in [5.41, 5.74) is 0. The van der Waals surface area contributed by atoms with E-state index in [-0.39, 0.29) is 6.61 Å². The van der Waals surface area contributed by atoms with E-state index >= 15 is 0 Å². The molecule has 0 saturated heterocycles. The van der Waals surface area contributed by atoms with E-state index < -0.39 is 0 Å². The molecule has 2 aromatic rings. The van der Waals surface area contributed by atoms with E-state index in [1.807, 2.05) is 0 Å². The second-order valence-electron chi connectivity index (χ2n) is 4.64. The minimum absolute atomic E-state index is 0.121. The Kier molecular flexibility index (Phi) is 5.31. The van der Waals surface area contributed by atoms with E-state index in [0.717, 1.165) is 12.8 Å². The van der Waals surface area contributed by atoms with Crippen molar-refractivity contribution in [3.63, 3.8) is 0 Å². The van der Waals surface area contributed by atoms with Gasteiger partial charge in [0, 0.05) is 12.6 Å². The highest BCUT2D eigenvalue weighted by molar-refractivity contribution is 5.42. The highest BCUT2D eigenvalue weighted by Crippen LogP contribution is 2.19. The molecule has 0 bridgehead atoms. The normalized spacial score (nSPS) is 11.7. The van der Waals surface area contributed by atoms with Gasteiger partial charge in [-0.1, -0.05) is 13.8 Å². The van der Waals surface area contributed by atoms with Crippen LogP contribution in [-0.4, -0.2) is 39.4 Å². The van der Waals surface area contributed by atoms with E-state index in [1.54, 1.807) is 18.4 Å². The Morgan fingerprint density at radius 3 is 2.70 bits per heavy atom. The molecule has 0 aliphatic rings. The second-order valence-corrected chi connectivity index (χ2v) is 4.64. The fourth-order valence-electron chi connectivity index (χ4n) is 2.32. The van der Waals surface area contributed by atoms with Crippen LogP contribution >= 0.6 is 0 Å². The Morgan fingerprint density at radius 2 is 2.10 bits per heavy atom. The van der Waals surface area contributed by atoms with Crippen LogP contribution in [-0.2, 0) is 6.54 Å². The predicted octanol–water partition coefficient (Wildman–Crippen LogP) is 2.31. The van der Waals surface area contributed by atoms with Crippen molar-refractivity contribution >= 4 is 0 Å². The van der Waals surface area contributed by atoms with Gasteiger partial charge in [0.15, 0.2) is 5.76 Å². The van der Waals surface area contributed by atoms with Gasteiger partial charge in [-0.15, -0.1) is 10.2 Å². The quantitative estimate of drug-likeness (QED) is 0.799. The first-order valence-electron chi connectivity index (χ1n) is 6.99. The van der Waals surface area contributed by atoms with Crippen molar-refractivity contribution < 1.29 is 13.9 Å². The maximum absolute atomic E-state index is 9.19. The second kappa shape index (κ2) is 7.21. The van der Waals surface area contributed by atoms with Gasteiger partial charge in [0.25, 0.3) is 5.89 Å². The summed E-state index contributed by atoms with van der Waals surface area (Å²) < 4.78 is 10.8. The van der Waals surface area contributed by atoms with Gasteiger partial charge < -0.3 is 13.9 Å². The molecule has 110 valence electrons. The van der Waals surface area contributed by atoms with Crippen LogP contribution in [0.15, 0.2) is 27.2 Å². The smallest absolute Gasteiger partial charge is 0.283 e. The predicted molar refractivity (Wildman–Crippen MR) is 73.9 cm³/mol. The van der Waals surface area contributed by atoms with Crippen LogP contribution in [0.25, 0.3) is 11.7 Å². The lowest BCUT2D eigenvalue weighted by Gasteiger charge is -2.28. The van der Waals surface area contributed by atoms with Crippen LogP contribution in [0.2, 0.25) is 0 Å². The van der Waals surface area contributed by atoms with E-state index in [2.05, 4.69) is 28.9 Å². The zero-order chi connectivity index (χ0) is 14.4. The topological polar surface area (TPSA) is 75.5 Å². The van der Waals surface area contributed by atoms with Gasteiger partial charge in [-0.2, -0.15) is 0 Å². The van der Waals surface area contributed by atoms with Crippen LogP contribution in [0.5, 0.6) is 0 Å². The Balaban J connectivity index is 2.07. The lowest BCUT2D eigenvalue weighted by molar-refractivity contribution is 0.126. The van der Waals surface area contributed by atoms with Crippen molar-refractivity contribution in [2.75, 3.05) is 13.2 Å². The molecule has 0 saturated carbocycles. The standard InChI is InChI=1S/C14H21N3O3/c1-3-11(4-2)17(7-8-18)10-13-15-16-14(20-13)12-6-5-9-19-12/h5-6,9,11,18H,3-4,7-8,10H2,1-2H3. The molecule has 0 atom stereocenters. The lowest BCUT2D eigenvalue weighted by Crippen LogP contribution is -2.36. The average Bonchev–Trinajstić information content (AvgIpc) is 3.10. The molecule has 0 fully saturated rings. The number of aliphatic hydroxyl groups is 1. The Hall–Kier alpha value is -1.66. The van der Waals surface area contributed by atoms with Crippen molar-refractivity contribution in [2.45, 2.75) is 39.3 Å². The molecule has 6 nitrogen and oxygen atoms in total. The summed E-state index contributed by atoms with van der Waals surface area (Å²) in [7, 11) is 0. The van der Waals surface area contributed by atoms with E-state index in [4.69, 9.17) is 8.83 Å². The molecule has 20 heavy (non-hydrogen) atoms. The van der Waals surface area contributed by atoms with Gasteiger partial charge in [0.05, 0.1) is 19.4 Å². The van der Waals surface area contributed by atoms with E-state index in [0.29, 0.717) is 36.7 Å². The highest BCUT2D eigenvalue weighted by Gasteiger charge is 2.19. The number of hydrogen-bond acceptors (Lipinski definition) is 6. The molecule has 6 heteroatoms. The molecule has 0 aliphatic heterocycles. The molecule has 0 aliphatic carbocycles. The number of aliphatic hydroxyl groups excluding tert-OH is 1. The summed E-state index contributed by atoms with van der Waals surface area (Å²) in [4.78, 5) is 2.17. The SMILES string of the molecule is CCC(CC)N(CCO)Cc1nnc(-c2ccco2)o1. The first-order valence-corrected chi connectivity index (χ1v) is 6.99. The fourth-order valence-corrected chi connectivity index (χ4v) is 2.32. The fraction of sp³-hybridized carbons (Fsp3) is 0.571. The molecule has 2 rings (SSSR count). The minimum Gasteiger partial charge on any atom is -0.459 e. The summed E-state index contributed by atoms with van der Waals surface area (Å²) >= 11 is 0. The molecule has 0 radical (unpaired) electrons. The van der Waals surface area contributed by atoms with Crippen LogP contribution in [0, 0.1) is 0 Å². The summed E-state index contributed by atoms with van der Waals surface area (Å²) in [5, 5.41) is 17.2.